The number of hydrogen-bond acceptors (Lipinski definition) is 6. The zero-order valence-electron chi connectivity index (χ0n) is 12.4. The van der Waals surface area contributed by atoms with Crippen molar-refractivity contribution in [1.82, 2.24) is 19.5 Å². The molecule has 0 spiro atoms. The van der Waals surface area contributed by atoms with Gasteiger partial charge >= 0.3 is 5.97 Å². The van der Waals surface area contributed by atoms with Crippen molar-refractivity contribution >= 4 is 27.3 Å². The first-order chi connectivity index (χ1) is 10.9. The second-order valence-electron chi connectivity index (χ2n) is 5.44. The summed E-state index contributed by atoms with van der Waals surface area (Å²) in [4.78, 5) is 15.2. The van der Waals surface area contributed by atoms with E-state index in [1.807, 2.05) is 0 Å². The maximum atomic E-state index is 12.7. The highest BCUT2D eigenvalue weighted by atomic mass is 32.2. The summed E-state index contributed by atoms with van der Waals surface area (Å²) in [5.74, 6) is 0.141. The highest BCUT2D eigenvalue weighted by Crippen LogP contribution is 2.31. The van der Waals surface area contributed by atoms with Crippen molar-refractivity contribution in [2.24, 2.45) is 0 Å². The van der Waals surface area contributed by atoms with Crippen molar-refractivity contribution in [2.45, 2.75) is 29.9 Å². The topological polar surface area (TPSA) is 116 Å². The van der Waals surface area contributed by atoms with Crippen molar-refractivity contribution in [3.8, 4) is 0 Å². The number of aromatic nitrogens is 3. The summed E-state index contributed by atoms with van der Waals surface area (Å²) in [5.41, 5.74) is -0.00766. The van der Waals surface area contributed by atoms with Crippen molar-refractivity contribution in [3.63, 3.8) is 0 Å². The summed E-state index contributed by atoms with van der Waals surface area (Å²) in [6, 6.07) is 1.21. The lowest BCUT2D eigenvalue weighted by atomic mass is 9.99. The molecule has 23 heavy (non-hydrogen) atoms. The van der Waals surface area contributed by atoms with Gasteiger partial charge in [0.25, 0.3) is 10.0 Å². The Morgan fingerprint density at radius 3 is 2.91 bits per heavy atom. The van der Waals surface area contributed by atoms with E-state index >= 15 is 0 Å². The molecular formula is C13H16N4O4S2. The number of hydrogen-bond donors (Lipinski definition) is 2. The lowest BCUT2D eigenvalue weighted by molar-refractivity contribution is 0.0697. The van der Waals surface area contributed by atoms with E-state index in [1.165, 1.54) is 15.8 Å². The van der Waals surface area contributed by atoms with E-state index in [-0.39, 0.29) is 15.7 Å². The van der Waals surface area contributed by atoms with Gasteiger partial charge in [0.2, 0.25) is 0 Å². The van der Waals surface area contributed by atoms with Crippen LogP contribution in [0.3, 0.4) is 0 Å². The summed E-state index contributed by atoms with van der Waals surface area (Å²) in [5, 5.41) is 17.2. The lowest BCUT2D eigenvalue weighted by Crippen LogP contribution is -2.39. The van der Waals surface area contributed by atoms with E-state index in [0.717, 1.165) is 17.8 Å². The molecule has 1 atom stereocenters. The molecule has 2 aromatic heterocycles. The van der Waals surface area contributed by atoms with Crippen LogP contribution in [0.2, 0.25) is 0 Å². The number of nitrogens with zero attached hydrogens (tertiary/aromatic N) is 3. The van der Waals surface area contributed by atoms with E-state index in [9.17, 15) is 13.2 Å². The molecule has 1 fully saturated rings. The van der Waals surface area contributed by atoms with E-state index in [4.69, 9.17) is 5.11 Å². The van der Waals surface area contributed by atoms with Crippen LogP contribution < -0.4 is 0 Å². The van der Waals surface area contributed by atoms with Crippen LogP contribution in [0, 0.1) is 6.92 Å². The van der Waals surface area contributed by atoms with Gasteiger partial charge < -0.3 is 5.11 Å². The Labute approximate surface area is 137 Å². The molecule has 0 saturated carbocycles. The van der Waals surface area contributed by atoms with Gasteiger partial charge in [0.05, 0.1) is 5.56 Å². The fraction of sp³-hybridized carbons (Fsp3) is 0.462. The van der Waals surface area contributed by atoms with Gasteiger partial charge in [-0.05, 0) is 25.8 Å². The molecule has 0 bridgehead atoms. The number of thiophene rings is 1. The highest BCUT2D eigenvalue weighted by molar-refractivity contribution is 7.91. The Morgan fingerprint density at radius 1 is 1.52 bits per heavy atom. The van der Waals surface area contributed by atoms with E-state index < -0.39 is 16.0 Å². The number of piperidine rings is 1. The smallest absolute Gasteiger partial charge is 0.336 e. The summed E-state index contributed by atoms with van der Waals surface area (Å²) < 4.78 is 26.9. The third-order valence-electron chi connectivity index (χ3n) is 3.78. The van der Waals surface area contributed by atoms with Crippen molar-refractivity contribution in [2.75, 3.05) is 13.1 Å². The molecule has 0 amide bonds. The zero-order chi connectivity index (χ0) is 16.6. The minimum absolute atomic E-state index is 0.00766. The Bertz CT molecular complexity index is 827. The molecule has 3 heterocycles. The Balaban J connectivity index is 1.83. The average molecular weight is 356 g/mol. The normalized spacial score (nSPS) is 19.8. The zero-order valence-corrected chi connectivity index (χ0v) is 14.0. The first kappa shape index (κ1) is 16.1. The molecule has 2 aromatic rings. The first-order valence-electron chi connectivity index (χ1n) is 7.09. The number of aromatic amines is 1. The van der Waals surface area contributed by atoms with Crippen LogP contribution in [-0.2, 0) is 10.0 Å². The van der Waals surface area contributed by atoms with Crippen LogP contribution in [-0.4, -0.2) is 52.1 Å². The summed E-state index contributed by atoms with van der Waals surface area (Å²) in [6.07, 6.45) is 1.54. The molecule has 1 aliphatic rings. The van der Waals surface area contributed by atoms with Crippen LogP contribution in [0.4, 0.5) is 0 Å². The molecule has 124 valence electrons. The number of aryl methyl sites for hydroxylation is 1. The Morgan fingerprint density at radius 2 is 2.30 bits per heavy atom. The predicted molar refractivity (Wildman–Crippen MR) is 83.1 cm³/mol. The van der Waals surface area contributed by atoms with Gasteiger partial charge in [-0.25, -0.2) is 18.2 Å². The second-order valence-corrected chi connectivity index (χ2v) is 8.52. The third kappa shape index (κ3) is 3.14. The Kier molecular flexibility index (Phi) is 4.21. The van der Waals surface area contributed by atoms with Crippen LogP contribution in [0.15, 0.2) is 15.7 Å². The molecule has 0 aromatic carbocycles. The minimum atomic E-state index is -3.69. The van der Waals surface area contributed by atoms with Gasteiger partial charge in [-0.1, -0.05) is 0 Å². The number of carbonyl (C=O) groups is 1. The van der Waals surface area contributed by atoms with Crippen LogP contribution in [0.25, 0.3) is 0 Å². The van der Waals surface area contributed by atoms with Crippen molar-refractivity contribution in [3.05, 3.63) is 28.7 Å². The molecule has 3 rings (SSSR count). The molecule has 1 aliphatic heterocycles. The Hall–Kier alpha value is -1.78. The van der Waals surface area contributed by atoms with Gasteiger partial charge in [-0.3, -0.25) is 5.10 Å². The molecule has 0 radical (unpaired) electrons. The quantitative estimate of drug-likeness (QED) is 0.856. The van der Waals surface area contributed by atoms with Gasteiger partial charge in [-0.15, -0.1) is 11.3 Å². The van der Waals surface area contributed by atoms with Crippen molar-refractivity contribution in [1.29, 1.82) is 0 Å². The number of H-pyrrole nitrogens is 1. The fourth-order valence-electron chi connectivity index (χ4n) is 2.61. The highest BCUT2D eigenvalue weighted by Gasteiger charge is 2.33. The number of nitrogens with one attached hydrogen (secondary N) is 1. The molecule has 1 unspecified atom stereocenters. The number of aromatic carboxylic acids is 1. The summed E-state index contributed by atoms with van der Waals surface area (Å²) in [6.45, 7) is 2.52. The maximum absolute atomic E-state index is 12.7. The minimum Gasteiger partial charge on any atom is -0.478 e. The van der Waals surface area contributed by atoms with Crippen LogP contribution in [0.1, 0.15) is 40.8 Å². The molecule has 0 aliphatic carbocycles. The van der Waals surface area contributed by atoms with E-state index in [2.05, 4.69) is 15.2 Å². The fourth-order valence-corrected chi connectivity index (χ4v) is 5.44. The van der Waals surface area contributed by atoms with Gasteiger partial charge in [0, 0.05) is 24.4 Å². The van der Waals surface area contributed by atoms with Gasteiger partial charge in [0.1, 0.15) is 10.0 Å². The number of carboxylic acids is 1. The first-order valence-corrected chi connectivity index (χ1v) is 9.41. The molecule has 10 heteroatoms. The number of carboxylic acid groups (broad SMARTS) is 1. The maximum Gasteiger partial charge on any atom is 0.336 e. The van der Waals surface area contributed by atoms with E-state index in [1.54, 1.807) is 6.92 Å². The molecule has 2 N–H and O–H groups in total. The monoisotopic (exact) mass is 356 g/mol. The van der Waals surface area contributed by atoms with E-state index in [0.29, 0.717) is 31.2 Å². The largest absolute Gasteiger partial charge is 0.478 e. The summed E-state index contributed by atoms with van der Waals surface area (Å²) >= 11 is 0.932. The van der Waals surface area contributed by atoms with Crippen LogP contribution in [0.5, 0.6) is 0 Å². The molecular weight excluding hydrogens is 340 g/mol. The molecule has 8 nitrogen and oxygen atoms in total. The SMILES string of the molecule is Cc1nc(C2CCCN(S(=O)(=O)c3cc(C(=O)O)cs3)C2)n[nH]1. The summed E-state index contributed by atoms with van der Waals surface area (Å²) in [7, 11) is -3.69. The number of rotatable bonds is 4. The average Bonchev–Trinajstić information content (AvgIpc) is 3.16. The predicted octanol–water partition coefficient (Wildman–Crippen LogP) is 1.44. The van der Waals surface area contributed by atoms with Crippen molar-refractivity contribution < 1.29 is 18.3 Å². The molecule has 1 saturated heterocycles. The van der Waals surface area contributed by atoms with Gasteiger partial charge in [0.15, 0.2) is 5.82 Å². The lowest BCUT2D eigenvalue weighted by Gasteiger charge is -2.30. The van der Waals surface area contributed by atoms with Gasteiger partial charge in [-0.2, -0.15) is 9.40 Å². The van der Waals surface area contributed by atoms with Crippen LogP contribution >= 0.6 is 11.3 Å². The second kappa shape index (κ2) is 6.02. The standard InChI is InChI=1S/C13H16N4O4S2/c1-8-14-12(16-15-8)9-3-2-4-17(6-9)23(20,21)11-5-10(7-22-11)13(18)19/h5,7,9H,2-4,6H2,1H3,(H,18,19)(H,14,15,16). The third-order valence-corrected chi connectivity index (χ3v) is 7.06. The number of sulfonamides is 1.